The average molecular weight is 286 g/mol. The standard InChI is InChI=1S/C10H12O2.C7H6O2/c1-3-4-8-5-6-9(11)10(7-8)12-2;8-7(9)6-4-2-1-3-5-6/h3-7,11H,1-2H3;1-5H,(H,8,9). The number of allylic oxidation sites excluding steroid dienone is 1. The molecule has 110 valence electrons. The molecule has 0 saturated heterocycles. The van der Waals surface area contributed by atoms with Crippen molar-refractivity contribution < 1.29 is 19.7 Å². The second kappa shape index (κ2) is 8.43. The van der Waals surface area contributed by atoms with E-state index in [1.807, 2.05) is 25.1 Å². The van der Waals surface area contributed by atoms with Crippen LogP contribution in [0.1, 0.15) is 22.8 Å². The zero-order valence-electron chi connectivity index (χ0n) is 12.0. The quantitative estimate of drug-likeness (QED) is 0.900. The Morgan fingerprint density at radius 3 is 2.29 bits per heavy atom. The van der Waals surface area contributed by atoms with Gasteiger partial charge in [-0.2, -0.15) is 0 Å². The Labute approximate surface area is 123 Å². The number of carboxylic acids is 1. The molecule has 0 saturated carbocycles. The summed E-state index contributed by atoms with van der Waals surface area (Å²) in [6, 6.07) is 13.5. The molecule has 2 rings (SSSR count). The normalized spacial score (nSPS) is 9.81. The highest BCUT2D eigenvalue weighted by molar-refractivity contribution is 5.87. The number of aromatic carboxylic acids is 1. The van der Waals surface area contributed by atoms with E-state index in [1.165, 1.54) is 7.11 Å². The summed E-state index contributed by atoms with van der Waals surface area (Å²) in [5.74, 6) is -0.202. The van der Waals surface area contributed by atoms with Gasteiger partial charge in [0, 0.05) is 0 Å². The van der Waals surface area contributed by atoms with Gasteiger partial charge in [-0.3, -0.25) is 0 Å². The monoisotopic (exact) mass is 286 g/mol. The van der Waals surface area contributed by atoms with E-state index in [4.69, 9.17) is 9.84 Å². The van der Waals surface area contributed by atoms with Crippen LogP contribution in [0.4, 0.5) is 0 Å². The highest BCUT2D eigenvalue weighted by Crippen LogP contribution is 2.26. The Bertz CT molecular complexity index is 603. The Kier molecular flexibility index (Phi) is 6.54. The summed E-state index contributed by atoms with van der Waals surface area (Å²) in [4.78, 5) is 10.2. The molecular formula is C17H18O4. The number of benzene rings is 2. The predicted octanol–water partition coefficient (Wildman–Crippen LogP) is 3.82. The maximum Gasteiger partial charge on any atom is 0.335 e. The lowest BCUT2D eigenvalue weighted by molar-refractivity contribution is 0.0697. The summed E-state index contributed by atoms with van der Waals surface area (Å²) < 4.78 is 4.95. The van der Waals surface area contributed by atoms with E-state index in [-0.39, 0.29) is 5.75 Å². The first kappa shape index (κ1) is 16.3. The first-order valence-electron chi connectivity index (χ1n) is 6.36. The molecule has 0 aliphatic carbocycles. The van der Waals surface area contributed by atoms with Crippen LogP contribution in [0.25, 0.3) is 6.08 Å². The topological polar surface area (TPSA) is 66.8 Å². The van der Waals surface area contributed by atoms with Gasteiger partial charge < -0.3 is 14.9 Å². The van der Waals surface area contributed by atoms with Crippen molar-refractivity contribution in [2.45, 2.75) is 6.92 Å². The molecule has 0 spiro atoms. The zero-order chi connectivity index (χ0) is 15.7. The predicted molar refractivity (Wildman–Crippen MR) is 82.8 cm³/mol. The Hall–Kier alpha value is -2.75. The van der Waals surface area contributed by atoms with Crippen LogP contribution in [0.15, 0.2) is 54.6 Å². The van der Waals surface area contributed by atoms with Gasteiger partial charge in [0.2, 0.25) is 0 Å². The van der Waals surface area contributed by atoms with Crippen molar-refractivity contribution in [2.24, 2.45) is 0 Å². The van der Waals surface area contributed by atoms with E-state index in [1.54, 1.807) is 42.5 Å². The molecular weight excluding hydrogens is 268 g/mol. The van der Waals surface area contributed by atoms with E-state index in [9.17, 15) is 9.90 Å². The van der Waals surface area contributed by atoms with Gasteiger partial charge in [0.1, 0.15) is 0 Å². The molecule has 0 bridgehead atoms. The Balaban J connectivity index is 0.000000219. The fourth-order valence-corrected chi connectivity index (χ4v) is 1.57. The van der Waals surface area contributed by atoms with Crippen LogP contribution >= 0.6 is 0 Å². The molecule has 2 aromatic rings. The number of aromatic hydroxyl groups is 1. The fourth-order valence-electron chi connectivity index (χ4n) is 1.57. The van der Waals surface area contributed by atoms with Crippen molar-refractivity contribution in [3.05, 3.63) is 65.7 Å². The number of phenolic OH excluding ortho intramolecular Hbond substituents is 1. The van der Waals surface area contributed by atoms with E-state index in [0.717, 1.165) is 5.56 Å². The Morgan fingerprint density at radius 2 is 1.81 bits per heavy atom. The van der Waals surface area contributed by atoms with Crippen molar-refractivity contribution in [3.63, 3.8) is 0 Å². The van der Waals surface area contributed by atoms with E-state index in [0.29, 0.717) is 11.3 Å². The second-order valence-electron chi connectivity index (χ2n) is 4.10. The first-order chi connectivity index (χ1) is 10.1. The average Bonchev–Trinajstić information content (AvgIpc) is 2.51. The third kappa shape index (κ3) is 5.40. The summed E-state index contributed by atoms with van der Waals surface area (Å²) in [6.45, 7) is 1.94. The SMILES string of the molecule is CC=Cc1ccc(O)c(OC)c1.O=C(O)c1ccccc1. The summed E-state index contributed by atoms with van der Waals surface area (Å²) in [5.41, 5.74) is 1.35. The zero-order valence-corrected chi connectivity index (χ0v) is 12.0. The van der Waals surface area contributed by atoms with E-state index >= 15 is 0 Å². The Morgan fingerprint density at radius 1 is 1.14 bits per heavy atom. The van der Waals surface area contributed by atoms with Crippen LogP contribution in [-0.2, 0) is 0 Å². The van der Waals surface area contributed by atoms with Gasteiger partial charge in [0.05, 0.1) is 12.7 Å². The molecule has 0 heterocycles. The van der Waals surface area contributed by atoms with Crippen molar-refractivity contribution in [1.29, 1.82) is 0 Å². The molecule has 0 aromatic heterocycles. The van der Waals surface area contributed by atoms with Crippen molar-refractivity contribution in [1.82, 2.24) is 0 Å². The lowest BCUT2D eigenvalue weighted by Crippen LogP contribution is -1.93. The highest BCUT2D eigenvalue weighted by Gasteiger charge is 1.99. The van der Waals surface area contributed by atoms with Gasteiger partial charge in [-0.05, 0) is 36.8 Å². The van der Waals surface area contributed by atoms with Gasteiger partial charge >= 0.3 is 5.97 Å². The number of rotatable bonds is 3. The van der Waals surface area contributed by atoms with E-state index < -0.39 is 5.97 Å². The van der Waals surface area contributed by atoms with Gasteiger partial charge in [-0.1, -0.05) is 36.4 Å². The van der Waals surface area contributed by atoms with Gasteiger partial charge in [0.25, 0.3) is 0 Å². The van der Waals surface area contributed by atoms with Gasteiger partial charge in [-0.25, -0.2) is 4.79 Å². The van der Waals surface area contributed by atoms with Crippen LogP contribution in [0.2, 0.25) is 0 Å². The van der Waals surface area contributed by atoms with Crippen LogP contribution in [0.5, 0.6) is 11.5 Å². The molecule has 21 heavy (non-hydrogen) atoms. The van der Waals surface area contributed by atoms with Crippen molar-refractivity contribution in [2.75, 3.05) is 7.11 Å². The van der Waals surface area contributed by atoms with Crippen LogP contribution in [-0.4, -0.2) is 23.3 Å². The summed E-state index contributed by atoms with van der Waals surface area (Å²) >= 11 is 0. The highest BCUT2D eigenvalue weighted by atomic mass is 16.5. The smallest absolute Gasteiger partial charge is 0.335 e. The van der Waals surface area contributed by atoms with Crippen molar-refractivity contribution >= 4 is 12.0 Å². The maximum absolute atomic E-state index is 10.2. The van der Waals surface area contributed by atoms with E-state index in [2.05, 4.69) is 0 Å². The first-order valence-corrected chi connectivity index (χ1v) is 6.36. The number of hydrogen-bond donors (Lipinski definition) is 2. The van der Waals surface area contributed by atoms with Crippen LogP contribution in [0, 0.1) is 0 Å². The third-order valence-corrected chi connectivity index (χ3v) is 2.58. The molecule has 0 atom stereocenters. The fraction of sp³-hybridized carbons (Fsp3) is 0.118. The second-order valence-corrected chi connectivity index (χ2v) is 4.10. The molecule has 0 amide bonds. The number of methoxy groups -OCH3 is 1. The molecule has 0 fully saturated rings. The third-order valence-electron chi connectivity index (χ3n) is 2.58. The summed E-state index contributed by atoms with van der Waals surface area (Å²) in [7, 11) is 1.54. The minimum absolute atomic E-state index is 0.172. The number of phenols is 1. The summed E-state index contributed by atoms with van der Waals surface area (Å²) in [6.07, 6.45) is 3.88. The van der Waals surface area contributed by atoms with Gasteiger partial charge in [0.15, 0.2) is 11.5 Å². The van der Waals surface area contributed by atoms with Gasteiger partial charge in [-0.15, -0.1) is 0 Å². The molecule has 2 N–H and O–H groups in total. The molecule has 2 aromatic carbocycles. The minimum atomic E-state index is -0.879. The van der Waals surface area contributed by atoms with Crippen LogP contribution < -0.4 is 4.74 Å². The number of ether oxygens (including phenoxy) is 1. The largest absolute Gasteiger partial charge is 0.504 e. The number of carboxylic acid groups (broad SMARTS) is 1. The number of carbonyl (C=O) groups is 1. The lowest BCUT2D eigenvalue weighted by atomic mass is 10.2. The lowest BCUT2D eigenvalue weighted by Gasteiger charge is -2.03. The molecule has 0 aliphatic heterocycles. The summed E-state index contributed by atoms with van der Waals surface area (Å²) in [5, 5.41) is 17.6. The molecule has 4 heteroatoms. The molecule has 4 nitrogen and oxygen atoms in total. The molecule has 0 radical (unpaired) electrons. The number of hydrogen-bond acceptors (Lipinski definition) is 3. The minimum Gasteiger partial charge on any atom is -0.504 e. The maximum atomic E-state index is 10.2. The van der Waals surface area contributed by atoms with Crippen LogP contribution in [0.3, 0.4) is 0 Å². The molecule has 0 unspecified atom stereocenters. The molecule has 0 aliphatic rings. The van der Waals surface area contributed by atoms with Crippen molar-refractivity contribution in [3.8, 4) is 11.5 Å².